The van der Waals surface area contributed by atoms with Gasteiger partial charge in [0.15, 0.2) is 6.61 Å². The number of nitrogens with zero attached hydrogens (tertiary/aromatic N) is 2. The van der Waals surface area contributed by atoms with Crippen LogP contribution in [-0.2, 0) is 11.2 Å². The number of carbonyl (C=O) groups is 1. The Morgan fingerprint density at radius 1 is 1.04 bits per heavy atom. The van der Waals surface area contributed by atoms with Crippen LogP contribution >= 0.6 is 0 Å². The van der Waals surface area contributed by atoms with Gasteiger partial charge in [0.2, 0.25) is 5.88 Å². The maximum atomic E-state index is 12.0. The highest BCUT2D eigenvalue weighted by Gasteiger charge is 2.10. The van der Waals surface area contributed by atoms with Crippen LogP contribution in [0.1, 0.15) is 12.7 Å². The molecule has 0 radical (unpaired) electrons. The van der Waals surface area contributed by atoms with Crippen molar-refractivity contribution in [1.82, 2.24) is 9.97 Å². The first kappa shape index (κ1) is 15.0. The Bertz CT molecular complexity index is 819. The van der Waals surface area contributed by atoms with Crippen molar-refractivity contribution >= 4 is 22.5 Å². The van der Waals surface area contributed by atoms with Gasteiger partial charge in [0.25, 0.3) is 5.91 Å². The monoisotopic (exact) mass is 307 g/mol. The van der Waals surface area contributed by atoms with Crippen molar-refractivity contribution < 1.29 is 9.53 Å². The van der Waals surface area contributed by atoms with Crippen LogP contribution in [0.2, 0.25) is 0 Å². The number of aromatic nitrogens is 2. The second-order valence-electron chi connectivity index (χ2n) is 5.02. The predicted octanol–water partition coefficient (Wildman–Crippen LogP) is 3.21. The van der Waals surface area contributed by atoms with Crippen molar-refractivity contribution in [2.24, 2.45) is 0 Å². The molecule has 5 heteroatoms. The molecule has 1 amide bonds. The molecule has 0 aliphatic carbocycles. The summed E-state index contributed by atoms with van der Waals surface area (Å²) >= 11 is 0. The van der Waals surface area contributed by atoms with Crippen LogP contribution in [0.3, 0.4) is 0 Å². The molecule has 1 aromatic heterocycles. The first-order valence-corrected chi connectivity index (χ1v) is 7.49. The molecule has 1 heterocycles. The lowest BCUT2D eigenvalue weighted by Crippen LogP contribution is -2.20. The molecule has 1 N–H and O–H groups in total. The zero-order valence-corrected chi connectivity index (χ0v) is 12.8. The van der Waals surface area contributed by atoms with Crippen molar-refractivity contribution in [1.29, 1.82) is 0 Å². The number of nitrogens with one attached hydrogen (secondary N) is 1. The number of carbonyl (C=O) groups excluding carboxylic acids is 1. The third-order valence-corrected chi connectivity index (χ3v) is 3.33. The number of para-hydroxylation sites is 2. The van der Waals surface area contributed by atoms with E-state index in [1.165, 1.54) is 0 Å². The molecule has 2 aromatic carbocycles. The third-order valence-electron chi connectivity index (χ3n) is 3.33. The topological polar surface area (TPSA) is 64.1 Å². The van der Waals surface area contributed by atoms with Gasteiger partial charge in [-0.15, -0.1) is 0 Å². The molecule has 0 bridgehead atoms. The van der Waals surface area contributed by atoms with Gasteiger partial charge in [-0.25, -0.2) is 4.98 Å². The number of ether oxygens (including phenoxy) is 1. The summed E-state index contributed by atoms with van der Waals surface area (Å²) in [6.45, 7) is 1.88. The lowest BCUT2D eigenvalue weighted by atomic mass is 10.2. The molecule has 23 heavy (non-hydrogen) atoms. The maximum Gasteiger partial charge on any atom is 0.262 e. The van der Waals surface area contributed by atoms with Crippen LogP contribution in [0, 0.1) is 0 Å². The molecule has 0 atom stereocenters. The van der Waals surface area contributed by atoms with Gasteiger partial charge in [-0.2, -0.15) is 4.98 Å². The van der Waals surface area contributed by atoms with Crippen LogP contribution in [0.4, 0.5) is 5.69 Å². The number of hydrogen-bond acceptors (Lipinski definition) is 4. The smallest absolute Gasteiger partial charge is 0.262 e. The van der Waals surface area contributed by atoms with E-state index in [-0.39, 0.29) is 12.5 Å². The van der Waals surface area contributed by atoms with Gasteiger partial charge in [-0.1, -0.05) is 37.3 Å². The summed E-state index contributed by atoms with van der Waals surface area (Å²) in [5, 5.41) is 3.58. The Kier molecular flexibility index (Phi) is 4.47. The molecule has 3 rings (SSSR count). The average molecular weight is 307 g/mol. The van der Waals surface area contributed by atoms with E-state index in [9.17, 15) is 4.79 Å². The molecule has 3 aromatic rings. The Morgan fingerprint density at radius 3 is 2.57 bits per heavy atom. The lowest BCUT2D eigenvalue weighted by molar-refractivity contribution is -0.118. The van der Waals surface area contributed by atoms with Gasteiger partial charge >= 0.3 is 0 Å². The molecule has 5 nitrogen and oxygen atoms in total. The highest BCUT2D eigenvalue weighted by atomic mass is 16.5. The summed E-state index contributed by atoms with van der Waals surface area (Å²) in [7, 11) is 0. The van der Waals surface area contributed by atoms with Crippen LogP contribution in [-0.4, -0.2) is 22.5 Å². The highest BCUT2D eigenvalue weighted by Crippen LogP contribution is 2.22. The van der Waals surface area contributed by atoms with Crippen molar-refractivity contribution in [3.8, 4) is 5.88 Å². The first-order chi connectivity index (χ1) is 11.3. The fourth-order valence-electron chi connectivity index (χ4n) is 2.21. The number of amides is 1. The molecule has 0 unspecified atom stereocenters. The summed E-state index contributed by atoms with van der Waals surface area (Å²) in [6.07, 6.45) is 0.706. The van der Waals surface area contributed by atoms with Crippen LogP contribution in [0.25, 0.3) is 10.9 Å². The normalized spacial score (nSPS) is 10.5. The second kappa shape index (κ2) is 6.87. The van der Waals surface area contributed by atoms with E-state index < -0.39 is 0 Å². The number of rotatable bonds is 5. The molecule has 0 saturated heterocycles. The van der Waals surface area contributed by atoms with Crippen molar-refractivity contribution in [2.45, 2.75) is 13.3 Å². The van der Waals surface area contributed by atoms with Crippen molar-refractivity contribution in [3.05, 3.63) is 60.4 Å². The largest absolute Gasteiger partial charge is 0.467 e. The fraction of sp³-hybridized carbons (Fsp3) is 0.167. The van der Waals surface area contributed by atoms with Gasteiger partial charge in [0.05, 0.1) is 10.9 Å². The number of hydrogen-bond donors (Lipinski definition) is 1. The number of benzene rings is 2. The van der Waals surface area contributed by atoms with Gasteiger partial charge in [-0.3, -0.25) is 4.79 Å². The van der Waals surface area contributed by atoms with E-state index in [0.717, 1.165) is 16.6 Å². The van der Waals surface area contributed by atoms with E-state index in [2.05, 4.69) is 15.3 Å². The van der Waals surface area contributed by atoms with E-state index in [0.29, 0.717) is 18.1 Å². The van der Waals surface area contributed by atoms with E-state index in [1.54, 1.807) is 0 Å². The standard InChI is InChI=1S/C18H17N3O2/c1-2-16-20-15-11-7-6-10-14(15)18(21-16)23-12-17(22)19-13-8-4-3-5-9-13/h3-11H,2,12H2,1H3,(H,19,22). The van der Waals surface area contributed by atoms with Gasteiger partial charge in [0.1, 0.15) is 5.82 Å². The molecular weight excluding hydrogens is 290 g/mol. The van der Waals surface area contributed by atoms with E-state index >= 15 is 0 Å². The first-order valence-electron chi connectivity index (χ1n) is 7.49. The van der Waals surface area contributed by atoms with Crippen LogP contribution in [0.15, 0.2) is 54.6 Å². The lowest BCUT2D eigenvalue weighted by Gasteiger charge is -2.10. The Hall–Kier alpha value is -2.95. The maximum absolute atomic E-state index is 12.0. The Balaban J connectivity index is 1.75. The summed E-state index contributed by atoms with van der Waals surface area (Å²) in [6, 6.07) is 16.9. The average Bonchev–Trinajstić information content (AvgIpc) is 2.60. The van der Waals surface area contributed by atoms with Crippen molar-refractivity contribution in [3.63, 3.8) is 0 Å². The number of aryl methyl sites for hydroxylation is 1. The second-order valence-corrected chi connectivity index (χ2v) is 5.02. The summed E-state index contributed by atoms with van der Waals surface area (Å²) < 4.78 is 5.63. The predicted molar refractivity (Wildman–Crippen MR) is 89.5 cm³/mol. The van der Waals surface area contributed by atoms with E-state index in [4.69, 9.17) is 4.74 Å². The fourth-order valence-corrected chi connectivity index (χ4v) is 2.21. The molecule has 116 valence electrons. The minimum Gasteiger partial charge on any atom is -0.467 e. The Morgan fingerprint density at radius 2 is 1.78 bits per heavy atom. The minimum absolute atomic E-state index is 0.0982. The molecule has 0 spiro atoms. The molecule has 0 fully saturated rings. The van der Waals surface area contributed by atoms with Gasteiger partial charge in [0, 0.05) is 12.1 Å². The van der Waals surface area contributed by atoms with Gasteiger partial charge < -0.3 is 10.1 Å². The summed E-state index contributed by atoms with van der Waals surface area (Å²) in [4.78, 5) is 20.8. The molecule has 0 saturated carbocycles. The van der Waals surface area contributed by atoms with E-state index in [1.807, 2.05) is 61.5 Å². The molecule has 0 aliphatic rings. The zero-order valence-electron chi connectivity index (χ0n) is 12.8. The third kappa shape index (κ3) is 3.63. The molecular formula is C18H17N3O2. The quantitative estimate of drug-likeness (QED) is 0.786. The number of fused-ring (bicyclic) bond motifs is 1. The SMILES string of the molecule is CCc1nc(OCC(=O)Nc2ccccc2)c2ccccc2n1. The summed E-state index contributed by atoms with van der Waals surface area (Å²) in [5.41, 5.74) is 1.56. The van der Waals surface area contributed by atoms with Crippen LogP contribution < -0.4 is 10.1 Å². The highest BCUT2D eigenvalue weighted by molar-refractivity contribution is 5.92. The zero-order chi connectivity index (χ0) is 16.1. The Labute approximate surface area is 134 Å². The molecule has 0 aliphatic heterocycles. The van der Waals surface area contributed by atoms with Gasteiger partial charge in [-0.05, 0) is 24.3 Å². The van der Waals surface area contributed by atoms with Crippen molar-refractivity contribution in [2.75, 3.05) is 11.9 Å². The minimum atomic E-state index is -0.225. The summed E-state index contributed by atoms with van der Waals surface area (Å²) in [5.74, 6) is 0.912. The van der Waals surface area contributed by atoms with Crippen LogP contribution in [0.5, 0.6) is 5.88 Å². The number of anilines is 1.